The zero-order valence-corrected chi connectivity index (χ0v) is 20.7. The van der Waals surface area contributed by atoms with E-state index in [2.05, 4.69) is 4.74 Å². The molecule has 1 aliphatic heterocycles. The molecule has 0 atom stereocenters. The fourth-order valence-electron chi connectivity index (χ4n) is 3.62. The lowest BCUT2D eigenvalue weighted by Gasteiger charge is -2.15. The number of thioether (sulfide) groups is 1. The van der Waals surface area contributed by atoms with Crippen molar-refractivity contribution in [3.8, 4) is 11.5 Å². The van der Waals surface area contributed by atoms with Gasteiger partial charge >= 0.3 is 5.97 Å². The van der Waals surface area contributed by atoms with E-state index >= 15 is 0 Å². The van der Waals surface area contributed by atoms with Crippen LogP contribution in [0.3, 0.4) is 0 Å². The maximum Gasteiger partial charge on any atom is 0.325 e. The number of benzene rings is 3. The van der Waals surface area contributed by atoms with Gasteiger partial charge in [-0.15, -0.1) is 0 Å². The van der Waals surface area contributed by atoms with Crippen molar-refractivity contribution in [2.24, 2.45) is 0 Å². The van der Waals surface area contributed by atoms with Gasteiger partial charge in [0.25, 0.3) is 11.1 Å². The van der Waals surface area contributed by atoms with Crippen LogP contribution in [0.25, 0.3) is 16.8 Å². The largest absolute Gasteiger partial charge is 0.490 e. The number of carbonyl (C=O) groups is 3. The van der Waals surface area contributed by atoms with Crippen molar-refractivity contribution in [3.05, 3.63) is 75.7 Å². The Labute approximate surface area is 211 Å². The van der Waals surface area contributed by atoms with Crippen LogP contribution in [0.4, 0.5) is 4.79 Å². The van der Waals surface area contributed by atoms with Crippen LogP contribution in [0, 0.1) is 0 Å². The van der Waals surface area contributed by atoms with E-state index in [4.69, 9.17) is 21.1 Å². The molecule has 0 aromatic heterocycles. The van der Waals surface area contributed by atoms with Gasteiger partial charge in [0, 0.05) is 0 Å². The molecule has 0 bridgehead atoms. The van der Waals surface area contributed by atoms with Crippen molar-refractivity contribution in [1.82, 2.24) is 4.90 Å². The van der Waals surface area contributed by atoms with Crippen LogP contribution in [0.1, 0.15) is 18.1 Å². The van der Waals surface area contributed by atoms with Crippen LogP contribution in [-0.4, -0.2) is 42.3 Å². The minimum atomic E-state index is -0.678. The summed E-state index contributed by atoms with van der Waals surface area (Å²) < 4.78 is 16.4. The molecule has 35 heavy (non-hydrogen) atoms. The molecule has 1 heterocycles. The Morgan fingerprint density at radius 2 is 1.86 bits per heavy atom. The first kappa shape index (κ1) is 24.6. The van der Waals surface area contributed by atoms with Gasteiger partial charge in [-0.25, -0.2) is 0 Å². The average Bonchev–Trinajstić information content (AvgIpc) is 3.10. The zero-order valence-electron chi connectivity index (χ0n) is 19.1. The minimum absolute atomic E-state index is 0.168. The quantitative estimate of drug-likeness (QED) is 0.284. The molecule has 7 nitrogen and oxygen atoms in total. The second-order valence-electron chi connectivity index (χ2n) is 7.53. The molecular weight excluding hydrogens is 490 g/mol. The van der Waals surface area contributed by atoms with Crippen LogP contribution in [0.15, 0.2) is 59.5 Å². The molecule has 180 valence electrons. The fraction of sp³-hybridized carbons (Fsp3) is 0.192. The van der Waals surface area contributed by atoms with Gasteiger partial charge in [0.1, 0.15) is 13.2 Å². The van der Waals surface area contributed by atoms with Gasteiger partial charge in [-0.3, -0.25) is 19.3 Å². The summed E-state index contributed by atoms with van der Waals surface area (Å²) in [6, 6.07) is 17.4. The minimum Gasteiger partial charge on any atom is -0.490 e. The Bertz CT molecular complexity index is 1330. The maximum absolute atomic E-state index is 12.6. The molecular formula is C26H22ClNO6S. The van der Waals surface area contributed by atoms with E-state index in [1.54, 1.807) is 12.1 Å². The smallest absolute Gasteiger partial charge is 0.325 e. The molecule has 0 aliphatic carbocycles. The Morgan fingerprint density at radius 1 is 1.09 bits per heavy atom. The summed E-state index contributed by atoms with van der Waals surface area (Å²) >= 11 is 7.30. The molecule has 1 fully saturated rings. The van der Waals surface area contributed by atoms with Gasteiger partial charge in [-0.2, -0.15) is 0 Å². The van der Waals surface area contributed by atoms with E-state index in [-0.39, 0.29) is 11.5 Å². The van der Waals surface area contributed by atoms with Crippen molar-refractivity contribution in [3.63, 3.8) is 0 Å². The maximum atomic E-state index is 12.6. The normalized spacial score (nSPS) is 14.6. The van der Waals surface area contributed by atoms with Crippen molar-refractivity contribution in [2.75, 3.05) is 20.3 Å². The van der Waals surface area contributed by atoms with Gasteiger partial charge in [-0.05, 0) is 58.8 Å². The molecule has 0 spiro atoms. The number of ether oxygens (including phenoxy) is 3. The number of halogens is 1. The SMILES string of the molecule is CCOc1cc(/C=C2\SC(=O)N(CC(=O)OC)C2=O)cc(Cl)c1OCc1cccc2ccccc12. The van der Waals surface area contributed by atoms with E-state index in [1.807, 2.05) is 49.4 Å². The van der Waals surface area contributed by atoms with E-state index in [0.717, 1.165) is 33.0 Å². The number of hydrogen-bond donors (Lipinski definition) is 0. The third-order valence-corrected chi connectivity index (χ3v) is 6.46. The molecule has 4 rings (SSSR count). The van der Waals surface area contributed by atoms with Crippen molar-refractivity contribution >= 4 is 57.3 Å². The number of rotatable bonds is 8. The Balaban J connectivity index is 1.59. The van der Waals surface area contributed by atoms with Crippen LogP contribution < -0.4 is 9.47 Å². The Hall–Kier alpha value is -3.49. The zero-order chi connectivity index (χ0) is 24.9. The Kier molecular flexibility index (Phi) is 7.63. The van der Waals surface area contributed by atoms with E-state index in [9.17, 15) is 14.4 Å². The fourth-order valence-corrected chi connectivity index (χ4v) is 4.74. The summed E-state index contributed by atoms with van der Waals surface area (Å²) in [5, 5.41) is 1.96. The van der Waals surface area contributed by atoms with Crippen LogP contribution in [0.2, 0.25) is 5.02 Å². The molecule has 2 amide bonds. The van der Waals surface area contributed by atoms with Gasteiger partial charge in [0.2, 0.25) is 0 Å². The van der Waals surface area contributed by atoms with Gasteiger partial charge < -0.3 is 14.2 Å². The summed E-state index contributed by atoms with van der Waals surface area (Å²) in [5.74, 6) is -0.448. The third-order valence-electron chi connectivity index (χ3n) is 5.27. The number of carbonyl (C=O) groups excluding carboxylic acids is 3. The lowest BCUT2D eigenvalue weighted by molar-refractivity contribution is -0.143. The first-order valence-corrected chi connectivity index (χ1v) is 12.0. The average molecular weight is 512 g/mol. The third kappa shape index (κ3) is 5.44. The second kappa shape index (κ2) is 10.8. The van der Waals surface area contributed by atoms with Crippen LogP contribution >= 0.6 is 23.4 Å². The van der Waals surface area contributed by atoms with Gasteiger partial charge in [0.05, 0.1) is 23.6 Å². The molecule has 0 N–H and O–H groups in total. The molecule has 3 aromatic carbocycles. The Morgan fingerprint density at radius 3 is 2.63 bits per heavy atom. The molecule has 1 saturated heterocycles. The van der Waals surface area contributed by atoms with E-state index in [1.165, 1.54) is 13.2 Å². The summed E-state index contributed by atoms with van der Waals surface area (Å²) in [6.45, 7) is 2.06. The van der Waals surface area contributed by atoms with Gasteiger partial charge in [0.15, 0.2) is 11.5 Å². The van der Waals surface area contributed by atoms with Crippen molar-refractivity contribution in [1.29, 1.82) is 0 Å². The number of methoxy groups -OCH3 is 1. The summed E-state index contributed by atoms with van der Waals surface area (Å²) in [5.41, 5.74) is 1.56. The monoisotopic (exact) mass is 511 g/mol. The highest BCUT2D eigenvalue weighted by atomic mass is 35.5. The van der Waals surface area contributed by atoms with E-state index < -0.39 is 23.7 Å². The lowest BCUT2D eigenvalue weighted by atomic mass is 10.1. The highest BCUT2D eigenvalue weighted by molar-refractivity contribution is 8.18. The number of esters is 1. The number of fused-ring (bicyclic) bond motifs is 1. The van der Waals surface area contributed by atoms with Crippen LogP contribution in [-0.2, 0) is 20.9 Å². The number of amides is 2. The first-order chi connectivity index (χ1) is 16.9. The molecule has 0 unspecified atom stereocenters. The van der Waals surface area contributed by atoms with E-state index in [0.29, 0.717) is 28.7 Å². The molecule has 0 radical (unpaired) electrons. The molecule has 9 heteroatoms. The highest BCUT2D eigenvalue weighted by Gasteiger charge is 2.36. The first-order valence-electron chi connectivity index (χ1n) is 10.8. The van der Waals surface area contributed by atoms with Crippen molar-refractivity contribution in [2.45, 2.75) is 13.5 Å². The predicted octanol–water partition coefficient (Wildman–Crippen LogP) is 5.68. The summed E-state index contributed by atoms with van der Waals surface area (Å²) in [6.07, 6.45) is 1.53. The van der Waals surface area contributed by atoms with Gasteiger partial charge in [-0.1, -0.05) is 54.1 Å². The molecule has 0 saturated carbocycles. The predicted molar refractivity (Wildman–Crippen MR) is 136 cm³/mol. The van der Waals surface area contributed by atoms with Crippen molar-refractivity contribution < 1.29 is 28.6 Å². The number of hydrogen-bond acceptors (Lipinski definition) is 7. The van der Waals surface area contributed by atoms with Crippen LogP contribution in [0.5, 0.6) is 11.5 Å². The summed E-state index contributed by atoms with van der Waals surface area (Å²) in [4.78, 5) is 37.3. The number of nitrogens with zero attached hydrogens (tertiary/aromatic N) is 1. The molecule has 3 aromatic rings. The topological polar surface area (TPSA) is 82.1 Å². The summed E-state index contributed by atoms with van der Waals surface area (Å²) in [7, 11) is 1.19. The highest BCUT2D eigenvalue weighted by Crippen LogP contribution is 2.39. The number of imide groups is 1. The standard InChI is InChI=1S/C26H22ClNO6S/c1-3-33-21-12-16(13-22-25(30)28(26(31)35-22)14-23(29)32-2)11-20(27)24(21)34-15-18-9-6-8-17-7-4-5-10-19(17)18/h4-13H,3,14-15H2,1-2H3/b22-13-. The molecule has 1 aliphatic rings. The lowest BCUT2D eigenvalue weighted by Crippen LogP contribution is -2.34. The second-order valence-corrected chi connectivity index (χ2v) is 8.93.